The van der Waals surface area contributed by atoms with E-state index >= 15 is 0 Å². The number of hydrogen-bond acceptors (Lipinski definition) is 5. The van der Waals surface area contributed by atoms with Crippen LogP contribution in [0.15, 0.2) is 12.3 Å². The van der Waals surface area contributed by atoms with Gasteiger partial charge in [0.05, 0.1) is 25.6 Å². The molecule has 1 aliphatic rings. The number of ether oxygens (including phenoxy) is 2. The Bertz CT molecular complexity index is 705. The normalized spacial score (nSPS) is 15.2. The molecular formula is C19H30N4O2. The fourth-order valence-electron chi connectivity index (χ4n) is 3.55. The number of rotatable bonds is 8. The Morgan fingerprint density at radius 2 is 2.00 bits per heavy atom. The van der Waals surface area contributed by atoms with Gasteiger partial charge in [0.2, 0.25) is 0 Å². The summed E-state index contributed by atoms with van der Waals surface area (Å²) in [4.78, 5) is 7.19. The number of nitrogens with one attached hydrogen (secondary N) is 1. The van der Waals surface area contributed by atoms with Gasteiger partial charge in [0.1, 0.15) is 11.5 Å². The third-order valence-corrected chi connectivity index (χ3v) is 4.80. The Labute approximate surface area is 150 Å². The van der Waals surface area contributed by atoms with Crippen molar-refractivity contribution in [2.75, 3.05) is 45.7 Å². The summed E-state index contributed by atoms with van der Waals surface area (Å²) in [7, 11) is 3.59. The van der Waals surface area contributed by atoms with Crippen LogP contribution < -0.4 is 14.8 Å². The van der Waals surface area contributed by atoms with E-state index in [-0.39, 0.29) is 0 Å². The van der Waals surface area contributed by atoms with Crippen molar-refractivity contribution < 1.29 is 9.47 Å². The fourth-order valence-corrected chi connectivity index (χ4v) is 3.55. The van der Waals surface area contributed by atoms with Crippen LogP contribution in [0, 0.1) is 0 Å². The molecule has 3 rings (SSSR count). The minimum absolute atomic E-state index is 0.356. The molecule has 1 N–H and O–H groups in total. The Kier molecular flexibility index (Phi) is 5.68. The first-order valence-electron chi connectivity index (χ1n) is 9.27. The van der Waals surface area contributed by atoms with Crippen LogP contribution in [0.4, 0.5) is 5.82 Å². The minimum Gasteiger partial charge on any atom is -0.491 e. The lowest BCUT2D eigenvalue weighted by Crippen LogP contribution is -2.21. The second kappa shape index (κ2) is 7.95. The molecule has 0 aromatic carbocycles. The Morgan fingerprint density at radius 1 is 1.24 bits per heavy atom. The second-order valence-corrected chi connectivity index (χ2v) is 6.94. The maximum absolute atomic E-state index is 6.01. The van der Waals surface area contributed by atoms with Crippen LogP contribution in [-0.4, -0.2) is 54.7 Å². The second-order valence-electron chi connectivity index (χ2n) is 6.94. The van der Waals surface area contributed by atoms with Crippen molar-refractivity contribution in [1.82, 2.24) is 14.3 Å². The van der Waals surface area contributed by atoms with Crippen molar-refractivity contribution in [1.29, 1.82) is 0 Å². The van der Waals surface area contributed by atoms with Gasteiger partial charge in [0.25, 0.3) is 0 Å². The van der Waals surface area contributed by atoms with Crippen LogP contribution in [-0.2, 0) is 0 Å². The number of fused-ring (bicyclic) bond motifs is 1. The molecule has 25 heavy (non-hydrogen) atoms. The van der Waals surface area contributed by atoms with Gasteiger partial charge < -0.3 is 19.7 Å². The van der Waals surface area contributed by atoms with Crippen LogP contribution in [0.3, 0.4) is 0 Å². The van der Waals surface area contributed by atoms with Gasteiger partial charge in [-0.05, 0) is 38.3 Å². The predicted molar refractivity (Wildman–Crippen MR) is 101 cm³/mol. The molecule has 1 fully saturated rings. The van der Waals surface area contributed by atoms with Crippen LogP contribution in [0.25, 0.3) is 5.65 Å². The van der Waals surface area contributed by atoms with E-state index in [2.05, 4.69) is 33.4 Å². The van der Waals surface area contributed by atoms with E-state index in [9.17, 15) is 0 Å². The van der Waals surface area contributed by atoms with Gasteiger partial charge in [-0.2, -0.15) is 0 Å². The lowest BCUT2D eigenvalue weighted by Gasteiger charge is -2.16. The van der Waals surface area contributed by atoms with Crippen LogP contribution in [0.2, 0.25) is 0 Å². The summed E-state index contributed by atoms with van der Waals surface area (Å²) in [6.45, 7) is 8.59. The van der Waals surface area contributed by atoms with Gasteiger partial charge in [0, 0.05) is 19.7 Å². The van der Waals surface area contributed by atoms with Gasteiger partial charge in [0.15, 0.2) is 11.5 Å². The number of aromatic nitrogens is 2. The van der Waals surface area contributed by atoms with E-state index in [1.165, 1.54) is 25.9 Å². The number of pyridine rings is 1. The molecule has 6 nitrogen and oxygen atoms in total. The summed E-state index contributed by atoms with van der Waals surface area (Å²) in [6.07, 6.45) is 5.67. The van der Waals surface area contributed by atoms with E-state index in [0.29, 0.717) is 12.5 Å². The van der Waals surface area contributed by atoms with Crippen LogP contribution in [0.1, 0.15) is 44.7 Å². The molecule has 0 aliphatic carbocycles. The average molecular weight is 346 g/mol. The lowest BCUT2D eigenvalue weighted by molar-refractivity contribution is 0.254. The molecule has 0 saturated carbocycles. The van der Waals surface area contributed by atoms with Crippen molar-refractivity contribution >= 4 is 11.5 Å². The minimum atomic E-state index is 0.356. The maximum Gasteiger partial charge on any atom is 0.177 e. The van der Waals surface area contributed by atoms with Crippen molar-refractivity contribution in [2.45, 2.75) is 39.0 Å². The molecule has 0 amide bonds. The molecule has 2 aromatic rings. The zero-order valence-corrected chi connectivity index (χ0v) is 15.8. The fraction of sp³-hybridized carbons (Fsp3) is 0.632. The summed E-state index contributed by atoms with van der Waals surface area (Å²) >= 11 is 0. The zero-order chi connectivity index (χ0) is 17.8. The van der Waals surface area contributed by atoms with E-state index in [1.54, 1.807) is 7.11 Å². The smallest absolute Gasteiger partial charge is 0.177 e. The Morgan fingerprint density at radius 3 is 2.64 bits per heavy atom. The summed E-state index contributed by atoms with van der Waals surface area (Å²) in [5, 5.41) is 3.19. The quantitative estimate of drug-likeness (QED) is 0.743. The Balaban J connectivity index is 1.75. The first kappa shape index (κ1) is 17.9. The van der Waals surface area contributed by atoms with Crippen molar-refractivity contribution in [3.8, 4) is 11.5 Å². The molecule has 6 heteroatoms. The standard InChI is InChI=1S/C19H30N4O2/c1-14(2)18-19(20-3)21-17-12-15(16(24-4)13-23(17)18)25-11-7-10-22-8-5-6-9-22/h12-14,20H,5-11H2,1-4H3. The topological polar surface area (TPSA) is 51.0 Å². The van der Waals surface area contributed by atoms with E-state index in [0.717, 1.165) is 41.6 Å². The van der Waals surface area contributed by atoms with Crippen molar-refractivity contribution in [3.05, 3.63) is 18.0 Å². The molecule has 1 saturated heterocycles. The summed E-state index contributed by atoms with van der Waals surface area (Å²) < 4.78 is 13.7. The molecule has 0 spiro atoms. The van der Waals surface area contributed by atoms with Gasteiger partial charge >= 0.3 is 0 Å². The summed E-state index contributed by atoms with van der Waals surface area (Å²) in [5.74, 6) is 2.77. The maximum atomic E-state index is 6.01. The predicted octanol–water partition coefficient (Wildman–Crippen LogP) is 3.37. The Hall–Kier alpha value is -1.95. The van der Waals surface area contributed by atoms with Gasteiger partial charge in [-0.3, -0.25) is 4.40 Å². The number of hydrogen-bond donors (Lipinski definition) is 1. The van der Waals surface area contributed by atoms with Crippen molar-refractivity contribution in [2.24, 2.45) is 0 Å². The van der Waals surface area contributed by atoms with Gasteiger partial charge in [-0.25, -0.2) is 4.98 Å². The highest BCUT2D eigenvalue weighted by Crippen LogP contribution is 2.33. The number of anilines is 1. The largest absolute Gasteiger partial charge is 0.491 e. The lowest BCUT2D eigenvalue weighted by atomic mass is 10.1. The molecule has 0 bridgehead atoms. The first-order chi connectivity index (χ1) is 12.1. The third kappa shape index (κ3) is 3.84. The number of likely N-dealkylation sites (tertiary alicyclic amines) is 1. The number of nitrogens with zero attached hydrogens (tertiary/aromatic N) is 3. The average Bonchev–Trinajstić information content (AvgIpc) is 3.24. The molecule has 0 unspecified atom stereocenters. The highest BCUT2D eigenvalue weighted by Gasteiger charge is 2.18. The van der Waals surface area contributed by atoms with Crippen LogP contribution >= 0.6 is 0 Å². The third-order valence-electron chi connectivity index (χ3n) is 4.80. The molecule has 1 aliphatic heterocycles. The van der Waals surface area contributed by atoms with E-state index in [4.69, 9.17) is 9.47 Å². The molecule has 3 heterocycles. The summed E-state index contributed by atoms with van der Waals surface area (Å²) in [5.41, 5.74) is 2.03. The first-order valence-corrected chi connectivity index (χ1v) is 9.27. The zero-order valence-electron chi connectivity index (χ0n) is 15.8. The van der Waals surface area contributed by atoms with Crippen molar-refractivity contribution in [3.63, 3.8) is 0 Å². The summed E-state index contributed by atoms with van der Waals surface area (Å²) in [6, 6.07) is 1.97. The van der Waals surface area contributed by atoms with Crippen LogP contribution in [0.5, 0.6) is 11.5 Å². The molecule has 0 radical (unpaired) electrons. The molecule has 2 aromatic heterocycles. The van der Waals surface area contributed by atoms with E-state index < -0.39 is 0 Å². The SMILES string of the molecule is CNc1nc2cc(OCCCN3CCCC3)c(OC)cn2c1C(C)C. The highest BCUT2D eigenvalue weighted by molar-refractivity contribution is 5.60. The highest BCUT2D eigenvalue weighted by atomic mass is 16.5. The van der Waals surface area contributed by atoms with Gasteiger partial charge in [-0.15, -0.1) is 0 Å². The number of methoxy groups -OCH3 is 1. The number of imidazole rings is 1. The van der Waals surface area contributed by atoms with Gasteiger partial charge in [-0.1, -0.05) is 13.8 Å². The molecular weight excluding hydrogens is 316 g/mol. The monoisotopic (exact) mass is 346 g/mol. The molecule has 0 atom stereocenters. The van der Waals surface area contributed by atoms with E-state index in [1.807, 2.05) is 19.3 Å². The molecule has 138 valence electrons.